The van der Waals surface area contributed by atoms with E-state index in [2.05, 4.69) is 29.3 Å². The fraction of sp³-hybridized carbons (Fsp3) is 0.250. The smallest absolute Gasteiger partial charge is 0.0924 e. The lowest BCUT2D eigenvalue weighted by Gasteiger charge is -1.98. The van der Waals surface area contributed by atoms with E-state index in [1.54, 1.807) is 0 Å². The Kier molecular flexibility index (Phi) is 2.56. The van der Waals surface area contributed by atoms with Crippen LogP contribution >= 0.6 is 0 Å². The largest absolute Gasteiger partial charge is 0.323 e. The molecule has 2 rings (SSSR count). The number of hydrogen-bond donors (Lipinski definition) is 2. The molecule has 0 bridgehead atoms. The van der Waals surface area contributed by atoms with Crippen molar-refractivity contribution in [3.63, 3.8) is 0 Å². The summed E-state index contributed by atoms with van der Waals surface area (Å²) in [7, 11) is 0. The van der Waals surface area contributed by atoms with Crippen LogP contribution in [0.25, 0.3) is 11.3 Å². The van der Waals surface area contributed by atoms with E-state index in [4.69, 9.17) is 5.73 Å². The molecule has 1 atom stereocenters. The summed E-state index contributed by atoms with van der Waals surface area (Å²) in [6, 6.07) is 10.3. The predicted molar refractivity (Wildman–Crippen MR) is 61.4 cm³/mol. The van der Waals surface area contributed by atoms with Gasteiger partial charge in [-0.2, -0.15) is 5.10 Å². The maximum Gasteiger partial charge on any atom is 0.0924 e. The second-order valence-electron chi connectivity index (χ2n) is 3.87. The molecule has 2 aromatic rings. The van der Waals surface area contributed by atoms with Gasteiger partial charge in [-0.3, -0.25) is 5.10 Å². The van der Waals surface area contributed by atoms with Crippen LogP contribution in [-0.4, -0.2) is 10.2 Å². The Labute approximate surface area is 89.3 Å². The Morgan fingerprint density at radius 3 is 2.73 bits per heavy atom. The van der Waals surface area contributed by atoms with Crippen LogP contribution in [0, 0.1) is 6.92 Å². The van der Waals surface area contributed by atoms with E-state index < -0.39 is 0 Å². The van der Waals surface area contributed by atoms with Crippen molar-refractivity contribution in [3.05, 3.63) is 41.6 Å². The average molecular weight is 201 g/mol. The number of aromatic nitrogens is 2. The number of benzene rings is 1. The minimum absolute atomic E-state index is 0.00365. The third-order valence-corrected chi connectivity index (χ3v) is 2.40. The van der Waals surface area contributed by atoms with E-state index in [0.717, 1.165) is 17.0 Å². The zero-order chi connectivity index (χ0) is 10.8. The summed E-state index contributed by atoms with van der Waals surface area (Å²) in [5.41, 5.74) is 10.0. The Bertz CT molecular complexity index is 457. The van der Waals surface area contributed by atoms with Gasteiger partial charge in [0.05, 0.1) is 11.4 Å². The molecule has 0 fully saturated rings. The van der Waals surface area contributed by atoms with Crippen molar-refractivity contribution < 1.29 is 0 Å². The number of nitrogens with one attached hydrogen (secondary N) is 1. The second-order valence-corrected chi connectivity index (χ2v) is 3.87. The van der Waals surface area contributed by atoms with Gasteiger partial charge in [-0.05, 0) is 26.0 Å². The Morgan fingerprint density at radius 1 is 1.33 bits per heavy atom. The van der Waals surface area contributed by atoms with Gasteiger partial charge in [-0.25, -0.2) is 0 Å². The molecule has 78 valence electrons. The van der Waals surface area contributed by atoms with Gasteiger partial charge in [0, 0.05) is 11.6 Å². The topological polar surface area (TPSA) is 54.7 Å². The van der Waals surface area contributed by atoms with Crippen molar-refractivity contribution in [1.82, 2.24) is 10.2 Å². The molecule has 0 saturated heterocycles. The molecule has 15 heavy (non-hydrogen) atoms. The van der Waals surface area contributed by atoms with Crippen molar-refractivity contribution in [3.8, 4) is 11.3 Å². The normalized spacial score (nSPS) is 12.7. The van der Waals surface area contributed by atoms with Crippen LogP contribution in [0.2, 0.25) is 0 Å². The van der Waals surface area contributed by atoms with Crippen LogP contribution < -0.4 is 5.73 Å². The Balaban J connectivity index is 2.37. The van der Waals surface area contributed by atoms with E-state index >= 15 is 0 Å². The van der Waals surface area contributed by atoms with Gasteiger partial charge < -0.3 is 5.73 Å². The molecule has 3 N–H and O–H groups in total. The monoisotopic (exact) mass is 201 g/mol. The van der Waals surface area contributed by atoms with Crippen LogP contribution in [0.4, 0.5) is 0 Å². The summed E-state index contributed by atoms with van der Waals surface area (Å²) in [5.74, 6) is 0. The summed E-state index contributed by atoms with van der Waals surface area (Å²) < 4.78 is 0. The van der Waals surface area contributed by atoms with Gasteiger partial charge in [0.1, 0.15) is 0 Å². The molecular weight excluding hydrogens is 186 g/mol. The fourth-order valence-corrected chi connectivity index (χ4v) is 1.52. The van der Waals surface area contributed by atoms with Crippen molar-refractivity contribution in [2.75, 3.05) is 0 Å². The van der Waals surface area contributed by atoms with Gasteiger partial charge in [0.15, 0.2) is 0 Å². The maximum absolute atomic E-state index is 5.76. The minimum Gasteiger partial charge on any atom is -0.323 e. The highest BCUT2D eigenvalue weighted by atomic mass is 15.1. The molecule has 0 spiro atoms. The number of hydrogen-bond acceptors (Lipinski definition) is 2. The summed E-state index contributed by atoms with van der Waals surface area (Å²) in [6.07, 6.45) is 0. The van der Waals surface area contributed by atoms with Crippen molar-refractivity contribution in [2.45, 2.75) is 19.9 Å². The molecule has 3 heteroatoms. The highest BCUT2D eigenvalue weighted by Crippen LogP contribution is 2.20. The molecule has 0 saturated carbocycles. The van der Waals surface area contributed by atoms with Crippen molar-refractivity contribution in [1.29, 1.82) is 0 Å². The van der Waals surface area contributed by atoms with E-state index in [1.165, 1.54) is 5.56 Å². The third kappa shape index (κ3) is 2.07. The number of rotatable bonds is 2. The summed E-state index contributed by atoms with van der Waals surface area (Å²) in [4.78, 5) is 0. The average Bonchev–Trinajstić information content (AvgIpc) is 2.66. The van der Waals surface area contributed by atoms with Gasteiger partial charge in [-0.1, -0.05) is 23.8 Å². The van der Waals surface area contributed by atoms with Crippen LogP contribution in [-0.2, 0) is 0 Å². The molecule has 0 radical (unpaired) electrons. The first kappa shape index (κ1) is 9.93. The first-order valence-corrected chi connectivity index (χ1v) is 5.05. The summed E-state index contributed by atoms with van der Waals surface area (Å²) >= 11 is 0. The zero-order valence-corrected chi connectivity index (χ0v) is 8.99. The van der Waals surface area contributed by atoms with E-state index in [0.29, 0.717) is 0 Å². The van der Waals surface area contributed by atoms with Gasteiger partial charge in [0.2, 0.25) is 0 Å². The molecule has 1 aromatic carbocycles. The molecule has 0 aliphatic heterocycles. The molecule has 0 aliphatic carbocycles. The highest BCUT2D eigenvalue weighted by Gasteiger charge is 2.06. The van der Waals surface area contributed by atoms with E-state index in [-0.39, 0.29) is 6.04 Å². The molecule has 3 nitrogen and oxygen atoms in total. The van der Waals surface area contributed by atoms with Crippen LogP contribution in [0.3, 0.4) is 0 Å². The van der Waals surface area contributed by atoms with Gasteiger partial charge >= 0.3 is 0 Å². The molecule has 0 amide bonds. The fourth-order valence-electron chi connectivity index (χ4n) is 1.52. The number of H-pyrrole nitrogens is 1. The van der Waals surface area contributed by atoms with Crippen LogP contribution in [0.1, 0.15) is 24.2 Å². The lowest BCUT2D eigenvalue weighted by Crippen LogP contribution is -2.04. The number of nitrogens with zero attached hydrogens (tertiary/aromatic N) is 1. The Morgan fingerprint density at radius 2 is 2.13 bits per heavy atom. The Hall–Kier alpha value is -1.61. The minimum atomic E-state index is -0.00365. The SMILES string of the molecule is Cc1cccc(-c2cc(C(C)N)[nH]n2)c1. The number of nitrogens with two attached hydrogens (primary N) is 1. The summed E-state index contributed by atoms with van der Waals surface area (Å²) in [6.45, 7) is 4.01. The van der Waals surface area contributed by atoms with Crippen LogP contribution in [0.5, 0.6) is 0 Å². The molecule has 0 aliphatic rings. The van der Waals surface area contributed by atoms with Gasteiger partial charge in [-0.15, -0.1) is 0 Å². The molecule has 1 heterocycles. The third-order valence-electron chi connectivity index (χ3n) is 2.40. The van der Waals surface area contributed by atoms with Crippen molar-refractivity contribution in [2.24, 2.45) is 5.73 Å². The first-order chi connectivity index (χ1) is 7.16. The van der Waals surface area contributed by atoms with Gasteiger partial charge in [0.25, 0.3) is 0 Å². The van der Waals surface area contributed by atoms with Crippen LogP contribution in [0.15, 0.2) is 30.3 Å². The highest BCUT2D eigenvalue weighted by molar-refractivity contribution is 5.60. The second kappa shape index (κ2) is 3.87. The number of aromatic amines is 1. The summed E-state index contributed by atoms with van der Waals surface area (Å²) in [5, 5.41) is 7.19. The maximum atomic E-state index is 5.76. The molecular formula is C12H15N3. The lowest BCUT2D eigenvalue weighted by molar-refractivity contribution is 0.772. The van der Waals surface area contributed by atoms with E-state index in [1.807, 2.05) is 25.1 Å². The standard InChI is InChI=1S/C12H15N3/c1-8-4-3-5-10(6-8)12-7-11(9(2)13)14-15-12/h3-7,9H,13H2,1-2H3,(H,14,15). The zero-order valence-electron chi connectivity index (χ0n) is 8.99. The first-order valence-electron chi connectivity index (χ1n) is 5.05. The number of aryl methyl sites for hydroxylation is 1. The molecule has 1 unspecified atom stereocenters. The molecule has 1 aromatic heterocycles. The van der Waals surface area contributed by atoms with Crippen molar-refractivity contribution >= 4 is 0 Å². The predicted octanol–water partition coefficient (Wildman–Crippen LogP) is 2.40. The lowest BCUT2D eigenvalue weighted by atomic mass is 10.1. The van der Waals surface area contributed by atoms with E-state index in [9.17, 15) is 0 Å². The quantitative estimate of drug-likeness (QED) is 0.784.